The van der Waals surface area contributed by atoms with Crippen molar-refractivity contribution < 1.29 is 9.47 Å². The molecule has 0 heterocycles. The fraction of sp³-hybridized carbons (Fsp3) is 0.538. The summed E-state index contributed by atoms with van der Waals surface area (Å²) in [5, 5.41) is 3.33. The molecule has 0 spiro atoms. The summed E-state index contributed by atoms with van der Waals surface area (Å²) < 4.78 is 10.8. The van der Waals surface area contributed by atoms with Crippen LogP contribution < -0.4 is 14.8 Å². The SMILES string of the molecule is COc1ccccc1OCCNCC(C)C. The molecule has 0 amide bonds. The molecule has 1 rings (SSSR count). The Morgan fingerprint density at radius 1 is 1.19 bits per heavy atom. The molecule has 3 nitrogen and oxygen atoms in total. The van der Waals surface area contributed by atoms with Crippen LogP contribution in [0.15, 0.2) is 24.3 Å². The lowest BCUT2D eigenvalue weighted by molar-refractivity contribution is 0.290. The normalized spacial score (nSPS) is 10.5. The van der Waals surface area contributed by atoms with E-state index in [0.29, 0.717) is 12.5 Å². The minimum atomic E-state index is 0.660. The highest BCUT2D eigenvalue weighted by Gasteiger charge is 2.01. The van der Waals surface area contributed by atoms with Crippen molar-refractivity contribution >= 4 is 0 Å². The standard InChI is InChI=1S/C13H21NO2/c1-11(2)10-14-8-9-16-13-7-5-4-6-12(13)15-3/h4-7,11,14H,8-10H2,1-3H3. The molecule has 0 radical (unpaired) electrons. The number of nitrogens with one attached hydrogen (secondary N) is 1. The van der Waals surface area contributed by atoms with Crippen molar-refractivity contribution in [1.29, 1.82) is 0 Å². The van der Waals surface area contributed by atoms with E-state index in [4.69, 9.17) is 9.47 Å². The van der Waals surface area contributed by atoms with Crippen LogP contribution in [-0.2, 0) is 0 Å². The van der Waals surface area contributed by atoms with Gasteiger partial charge >= 0.3 is 0 Å². The molecule has 0 atom stereocenters. The molecule has 0 unspecified atom stereocenters. The Bertz CT molecular complexity index is 300. The number of ether oxygens (including phenoxy) is 2. The van der Waals surface area contributed by atoms with Gasteiger partial charge in [-0.15, -0.1) is 0 Å². The van der Waals surface area contributed by atoms with Crippen molar-refractivity contribution in [3.8, 4) is 11.5 Å². The van der Waals surface area contributed by atoms with Crippen molar-refractivity contribution in [3.63, 3.8) is 0 Å². The van der Waals surface area contributed by atoms with E-state index in [1.807, 2.05) is 24.3 Å². The van der Waals surface area contributed by atoms with Gasteiger partial charge in [0.15, 0.2) is 11.5 Å². The maximum absolute atomic E-state index is 5.62. The topological polar surface area (TPSA) is 30.5 Å². The number of rotatable bonds is 7. The van der Waals surface area contributed by atoms with Crippen LogP contribution in [0.4, 0.5) is 0 Å². The van der Waals surface area contributed by atoms with E-state index in [1.165, 1.54) is 0 Å². The lowest BCUT2D eigenvalue weighted by atomic mass is 10.2. The third kappa shape index (κ3) is 4.53. The molecule has 0 saturated carbocycles. The largest absolute Gasteiger partial charge is 0.493 e. The van der Waals surface area contributed by atoms with Gasteiger partial charge in [0, 0.05) is 6.54 Å². The zero-order valence-electron chi connectivity index (χ0n) is 10.3. The smallest absolute Gasteiger partial charge is 0.161 e. The number of hydrogen-bond acceptors (Lipinski definition) is 3. The Morgan fingerprint density at radius 3 is 2.50 bits per heavy atom. The fourth-order valence-electron chi connectivity index (χ4n) is 1.36. The highest BCUT2D eigenvalue weighted by molar-refractivity contribution is 5.39. The van der Waals surface area contributed by atoms with Crippen molar-refractivity contribution in [1.82, 2.24) is 5.32 Å². The van der Waals surface area contributed by atoms with E-state index < -0.39 is 0 Å². The van der Waals surface area contributed by atoms with Crippen LogP contribution >= 0.6 is 0 Å². The van der Waals surface area contributed by atoms with Crippen LogP contribution in [0.25, 0.3) is 0 Å². The van der Waals surface area contributed by atoms with E-state index in [1.54, 1.807) is 7.11 Å². The van der Waals surface area contributed by atoms with E-state index in [-0.39, 0.29) is 0 Å². The van der Waals surface area contributed by atoms with Crippen LogP contribution in [0.1, 0.15) is 13.8 Å². The molecule has 1 aromatic carbocycles. The Morgan fingerprint density at radius 2 is 1.88 bits per heavy atom. The monoisotopic (exact) mass is 223 g/mol. The molecule has 0 aromatic heterocycles. The first-order valence-corrected chi connectivity index (χ1v) is 5.70. The highest BCUT2D eigenvalue weighted by Crippen LogP contribution is 2.25. The van der Waals surface area contributed by atoms with Crippen LogP contribution in [0.5, 0.6) is 11.5 Å². The van der Waals surface area contributed by atoms with Gasteiger partial charge in [0.2, 0.25) is 0 Å². The summed E-state index contributed by atoms with van der Waals surface area (Å²) in [7, 11) is 1.65. The maximum Gasteiger partial charge on any atom is 0.161 e. The molecule has 0 saturated heterocycles. The molecule has 0 aliphatic carbocycles. The van der Waals surface area contributed by atoms with Gasteiger partial charge in [0.1, 0.15) is 6.61 Å². The van der Waals surface area contributed by atoms with E-state index >= 15 is 0 Å². The first-order chi connectivity index (χ1) is 7.74. The Balaban J connectivity index is 2.26. The Labute approximate surface area is 97.8 Å². The molecule has 16 heavy (non-hydrogen) atoms. The molecule has 1 N–H and O–H groups in total. The van der Waals surface area contributed by atoms with Gasteiger partial charge in [-0.05, 0) is 24.6 Å². The summed E-state index contributed by atoms with van der Waals surface area (Å²) >= 11 is 0. The van der Waals surface area contributed by atoms with Gasteiger partial charge < -0.3 is 14.8 Å². The minimum absolute atomic E-state index is 0.660. The molecular weight excluding hydrogens is 202 g/mol. The predicted molar refractivity (Wildman–Crippen MR) is 66.2 cm³/mol. The van der Waals surface area contributed by atoms with Gasteiger partial charge in [-0.3, -0.25) is 0 Å². The molecule has 1 aromatic rings. The van der Waals surface area contributed by atoms with Crippen LogP contribution in [0.3, 0.4) is 0 Å². The fourth-order valence-corrected chi connectivity index (χ4v) is 1.36. The molecule has 90 valence electrons. The van der Waals surface area contributed by atoms with Crippen molar-refractivity contribution in [2.75, 3.05) is 26.8 Å². The van der Waals surface area contributed by atoms with Gasteiger partial charge in [0.25, 0.3) is 0 Å². The summed E-state index contributed by atoms with van der Waals surface area (Å²) in [6.07, 6.45) is 0. The lowest BCUT2D eigenvalue weighted by Gasteiger charge is -2.11. The van der Waals surface area contributed by atoms with Gasteiger partial charge in [0.05, 0.1) is 7.11 Å². The third-order valence-electron chi connectivity index (χ3n) is 2.16. The quantitative estimate of drug-likeness (QED) is 0.720. The second-order valence-corrected chi connectivity index (χ2v) is 4.10. The van der Waals surface area contributed by atoms with Gasteiger partial charge in [-0.25, -0.2) is 0 Å². The molecule has 0 fully saturated rings. The van der Waals surface area contributed by atoms with Crippen molar-refractivity contribution in [3.05, 3.63) is 24.3 Å². The van der Waals surface area contributed by atoms with E-state index in [0.717, 1.165) is 24.6 Å². The number of hydrogen-bond donors (Lipinski definition) is 1. The maximum atomic E-state index is 5.62. The first kappa shape index (κ1) is 12.8. The van der Waals surface area contributed by atoms with Gasteiger partial charge in [-0.1, -0.05) is 26.0 Å². The number of benzene rings is 1. The second kappa shape index (κ2) is 7.12. The molecular formula is C13H21NO2. The second-order valence-electron chi connectivity index (χ2n) is 4.10. The van der Waals surface area contributed by atoms with E-state index in [2.05, 4.69) is 19.2 Å². The van der Waals surface area contributed by atoms with Gasteiger partial charge in [-0.2, -0.15) is 0 Å². The van der Waals surface area contributed by atoms with Crippen LogP contribution in [0, 0.1) is 5.92 Å². The molecule has 0 aliphatic heterocycles. The summed E-state index contributed by atoms with van der Waals surface area (Å²) in [5.41, 5.74) is 0. The average molecular weight is 223 g/mol. The summed E-state index contributed by atoms with van der Waals surface area (Å²) in [6, 6.07) is 7.69. The van der Waals surface area contributed by atoms with Crippen LogP contribution in [0.2, 0.25) is 0 Å². The zero-order chi connectivity index (χ0) is 11.8. The van der Waals surface area contributed by atoms with Crippen molar-refractivity contribution in [2.24, 2.45) is 5.92 Å². The summed E-state index contributed by atoms with van der Waals surface area (Å²) in [4.78, 5) is 0. The average Bonchev–Trinajstić information content (AvgIpc) is 2.29. The highest BCUT2D eigenvalue weighted by atomic mass is 16.5. The molecule has 0 aliphatic rings. The first-order valence-electron chi connectivity index (χ1n) is 5.70. The Hall–Kier alpha value is -1.22. The summed E-state index contributed by atoms with van der Waals surface area (Å²) in [5.74, 6) is 2.26. The predicted octanol–water partition coefficient (Wildman–Crippen LogP) is 2.32. The van der Waals surface area contributed by atoms with E-state index in [9.17, 15) is 0 Å². The third-order valence-corrected chi connectivity index (χ3v) is 2.16. The number of methoxy groups -OCH3 is 1. The van der Waals surface area contributed by atoms with Crippen LogP contribution in [-0.4, -0.2) is 26.8 Å². The zero-order valence-corrected chi connectivity index (χ0v) is 10.3. The summed E-state index contributed by atoms with van der Waals surface area (Å²) in [6.45, 7) is 6.92. The minimum Gasteiger partial charge on any atom is -0.493 e. The van der Waals surface area contributed by atoms with Crippen molar-refractivity contribution in [2.45, 2.75) is 13.8 Å². The Kier molecular flexibility index (Phi) is 5.72. The number of para-hydroxylation sites is 2. The molecule has 0 bridgehead atoms. The lowest BCUT2D eigenvalue weighted by Crippen LogP contribution is -2.25. The molecule has 3 heteroatoms.